The molecule has 0 fully saturated rings. The standard InChI is InChI=1S/C25H26N6O2S2/c1-3-12-31-21(14-27-23(33)17-9-5-4-8-16(17)2)29-30-25(31)34-15-22(32)28-24-19(13-26)18-10-6-7-11-20(18)35-24/h3-5,8-9H,1,6-7,10-12,14-15H2,2H3,(H,27,33)(H,28,32). The van der Waals surface area contributed by atoms with E-state index in [1.165, 1.54) is 28.0 Å². The van der Waals surface area contributed by atoms with Gasteiger partial charge in [-0.3, -0.25) is 9.59 Å². The number of benzene rings is 1. The van der Waals surface area contributed by atoms with E-state index in [0.29, 0.717) is 33.7 Å². The molecular formula is C25H26N6O2S2. The fraction of sp³-hybridized carbons (Fsp3) is 0.320. The highest BCUT2D eigenvalue weighted by molar-refractivity contribution is 7.99. The normalized spacial score (nSPS) is 12.5. The van der Waals surface area contributed by atoms with Gasteiger partial charge in [0.05, 0.1) is 17.9 Å². The molecular weight excluding hydrogens is 480 g/mol. The summed E-state index contributed by atoms with van der Waals surface area (Å²) in [4.78, 5) is 26.4. The molecule has 0 bridgehead atoms. The number of rotatable bonds is 9. The number of nitrogens with one attached hydrogen (secondary N) is 2. The fourth-order valence-corrected chi connectivity index (χ4v) is 6.04. The van der Waals surface area contributed by atoms with E-state index in [0.717, 1.165) is 36.8 Å². The molecule has 0 unspecified atom stereocenters. The van der Waals surface area contributed by atoms with Crippen LogP contribution >= 0.6 is 23.1 Å². The molecule has 0 saturated carbocycles. The summed E-state index contributed by atoms with van der Waals surface area (Å²) in [5.74, 6) is 0.315. The minimum Gasteiger partial charge on any atom is -0.345 e. The van der Waals surface area contributed by atoms with Crippen LogP contribution in [0, 0.1) is 18.3 Å². The number of aromatic nitrogens is 3. The molecule has 1 aromatic carbocycles. The molecule has 10 heteroatoms. The summed E-state index contributed by atoms with van der Waals surface area (Å²) < 4.78 is 1.83. The van der Waals surface area contributed by atoms with Crippen molar-refractivity contribution in [1.29, 1.82) is 5.26 Å². The van der Waals surface area contributed by atoms with Crippen LogP contribution < -0.4 is 10.6 Å². The van der Waals surface area contributed by atoms with E-state index in [2.05, 4.69) is 33.5 Å². The van der Waals surface area contributed by atoms with Gasteiger partial charge >= 0.3 is 0 Å². The van der Waals surface area contributed by atoms with E-state index >= 15 is 0 Å². The number of nitrogens with zero attached hydrogens (tertiary/aromatic N) is 4. The summed E-state index contributed by atoms with van der Waals surface area (Å²) in [6.07, 6.45) is 5.78. The third-order valence-electron chi connectivity index (χ3n) is 5.77. The molecule has 8 nitrogen and oxygen atoms in total. The van der Waals surface area contributed by atoms with Gasteiger partial charge in [0.15, 0.2) is 11.0 Å². The van der Waals surface area contributed by atoms with Crippen molar-refractivity contribution < 1.29 is 9.59 Å². The van der Waals surface area contributed by atoms with E-state index in [1.807, 2.05) is 29.7 Å². The maximum absolute atomic E-state index is 12.7. The monoisotopic (exact) mass is 506 g/mol. The molecule has 1 aliphatic carbocycles. The molecule has 1 aliphatic rings. The Kier molecular flexibility index (Phi) is 8.00. The number of thiophene rings is 1. The van der Waals surface area contributed by atoms with Crippen molar-refractivity contribution in [2.75, 3.05) is 11.1 Å². The molecule has 4 rings (SSSR count). The van der Waals surface area contributed by atoms with Crippen molar-refractivity contribution >= 4 is 39.9 Å². The van der Waals surface area contributed by atoms with Crippen LogP contribution in [-0.2, 0) is 30.7 Å². The van der Waals surface area contributed by atoms with Crippen LogP contribution in [0.2, 0.25) is 0 Å². The third kappa shape index (κ3) is 5.63. The molecule has 2 N–H and O–H groups in total. The largest absolute Gasteiger partial charge is 0.345 e. The lowest BCUT2D eigenvalue weighted by atomic mass is 9.96. The second-order valence-corrected chi connectivity index (χ2v) is 10.2. The first-order chi connectivity index (χ1) is 17.0. The zero-order valence-corrected chi connectivity index (χ0v) is 21.1. The number of nitriles is 1. The molecule has 2 heterocycles. The Hall–Kier alpha value is -3.42. The van der Waals surface area contributed by atoms with Crippen molar-refractivity contribution in [3.63, 3.8) is 0 Å². The Morgan fingerprint density at radius 3 is 2.86 bits per heavy atom. The predicted molar refractivity (Wildman–Crippen MR) is 138 cm³/mol. The molecule has 0 atom stereocenters. The van der Waals surface area contributed by atoms with Crippen LogP contribution in [0.25, 0.3) is 0 Å². The summed E-state index contributed by atoms with van der Waals surface area (Å²) in [7, 11) is 0. The second-order valence-electron chi connectivity index (χ2n) is 8.16. The van der Waals surface area contributed by atoms with Gasteiger partial charge in [-0.25, -0.2) is 0 Å². The lowest BCUT2D eigenvalue weighted by Gasteiger charge is -2.10. The molecule has 35 heavy (non-hydrogen) atoms. The lowest BCUT2D eigenvalue weighted by molar-refractivity contribution is -0.113. The minimum atomic E-state index is -0.201. The zero-order valence-electron chi connectivity index (χ0n) is 19.5. The average molecular weight is 507 g/mol. The van der Waals surface area contributed by atoms with Gasteiger partial charge in [-0.05, 0) is 49.8 Å². The van der Waals surface area contributed by atoms with Crippen LogP contribution in [-0.4, -0.2) is 32.3 Å². The highest BCUT2D eigenvalue weighted by Crippen LogP contribution is 2.37. The number of carbonyl (C=O) groups is 2. The SMILES string of the molecule is C=CCn1c(CNC(=O)c2ccccc2C)nnc1SCC(=O)Nc1sc2c(c1C#N)CCCC2. The summed E-state index contributed by atoms with van der Waals surface area (Å²) in [5.41, 5.74) is 3.20. The summed E-state index contributed by atoms with van der Waals surface area (Å²) in [6, 6.07) is 9.65. The third-order valence-corrected chi connectivity index (χ3v) is 7.94. The Morgan fingerprint density at radius 1 is 1.29 bits per heavy atom. The number of carbonyl (C=O) groups excluding carboxylic acids is 2. The number of thioether (sulfide) groups is 1. The number of hydrogen-bond acceptors (Lipinski definition) is 7. The molecule has 0 spiro atoms. The first-order valence-electron chi connectivity index (χ1n) is 11.4. The van der Waals surface area contributed by atoms with E-state index in [-0.39, 0.29) is 24.1 Å². The quantitative estimate of drug-likeness (QED) is 0.331. The number of amides is 2. The van der Waals surface area contributed by atoms with Gasteiger partial charge in [0.25, 0.3) is 5.91 Å². The number of aryl methyl sites for hydroxylation is 2. The van der Waals surface area contributed by atoms with Crippen LogP contribution in [0.3, 0.4) is 0 Å². The molecule has 180 valence electrons. The maximum Gasteiger partial charge on any atom is 0.251 e. The van der Waals surface area contributed by atoms with Crippen molar-refractivity contribution in [3.05, 3.63) is 69.9 Å². The topological polar surface area (TPSA) is 113 Å². The van der Waals surface area contributed by atoms with Gasteiger partial charge < -0.3 is 15.2 Å². The minimum absolute atomic E-state index is 0.123. The summed E-state index contributed by atoms with van der Waals surface area (Å²) in [5, 5.41) is 25.0. The molecule has 0 radical (unpaired) electrons. The lowest BCUT2D eigenvalue weighted by Crippen LogP contribution is -2.25. The average Bonchev–Trinajstić information content (AvgIpc) is 3.41. The van der Waals surface area contributed by atoms with Gasteiger partial charge in [-0.1, -0.05) is 36.0 Å². The van der Waals surface area contributed by atoms with E-state index in [1.54, 1.807) is 12.1 Å². The Labute approximate surface area is 212 Å². The van der Waals surface area contributed by atoms with Crippen molar-refractivity contribution in [2.45, 2.75) is 50.9 Å². The van der Waals surface area contributed by atoms with Gasteiger partial charge in [0.2, 0.25) is 5.91 Å². The van der Waals surface area contributed by atoms with Crippen molar-refractivity contribution in [3.8, 4) is 6.07 Å². The van der Waals surface area contributed by atoms with Gasteiger partial charge in [0, 0.05) is 17.0 Å². The molecule has 2 amide bonds. The van der Waals surface area contributed by atoms with E-state index < -0.39 is 0 Å². The van der Waals surface area contributed by atoms with Gasteiger partial charge in [-0.2, -0.15) is 5.26 Å². The van der Waals surface area contributed by atoms with Crippen LogP contribution in [0.4, 0.5) is 5.00 Å². The molecule has 3 aromatic rings. The number of fused-ring (bicyclic) bond motifs is 1. The fourth-order valence-electron chi connectivity index (χ4n) is 4.02. The van der Waals surface area contributed by atoms with E-state index in [9.17, 15) is 14.9 Å². The van der Waals surface area contributed by atoms with Crippen LogP contribution in [0.1, 0.15) is 50.6 Å². The Morgan fingerprint density at radius 2 is 2.09 bits per heavy atom. The molecule has 2 aromatic heterocycles. The Bertz CT molecular complexity index is 1300. The molecule has 0 saturated heterocycles. The van der Waals surface area contributed by atoms with Crippen molar-refractivity contribution in [1.82, 2.24) is 20.1 Å². The van der Waals surface area contributed by atoms with Crippen LogP contribution in [0.5, 0.6) is 0 Å². The Balaban J connectivity index is 1.39. The first-order valence-corrected chi connectivity index (χ1v) is 13.2. The molecule has 0 aliphatic heterocycles. The second kappa shape index (κ2) is 11.3. The predicted octanol–water partition coefficient (Wildman–Crippen LogP) is 4.25. The van der Waals surface area contributed by atoms with Gasteiger partial charge in [-0.15, -0.1) is 28.1 Å². The summed E-state index contributed by atoms with van der Waals surface area (Å²) >= 11 is 2.77. The highest BCUT2D eigenvalue weighted by Gasteiger charge is 2.22. The number of allylic oxidation sites excluding steroid dienone is 1. The number of hydrogen-bond donors (Lipinski definition) is 2. The zero-order chi connectivity index (χ0) is 24.8. The van der Waals surface area contributed by atoms with Crippen LogP contribution in [0.15, 0.2) is 42.1 Å². The summed E-state index contributed by atoms with van der Waals surface area (Å²) in [6.45, 7) is 6.33. The van der Waals surface area contributed by atoms with E-state index in [4.69, 9.17) is 0 Å². The highest BCUT2D eigenvalue weighted by atomic mass is 32.2. The first kappa shape index (κ1) is 24.7. The smallest absolute Gasteiger partial charge is 0.251 e. The maximum atomic E-state index is 12.7. The van der Waals surface area contributed by atoms with Gasteiger partial charge in [0.1, 0.15) is 11.1 Å². The van der Waals surface area contributed by atoms with Crippen molar-refractivity contribution in [2.24, 2.45) is 0 Å². The number of anilines is 1.